The van der Waals surface area contributed by atoms with E-state index in [1.165, 1.54) is 18.4 Å². The maximum Gasteiger partial charge on any atom is 0.317 e. The molecule has 0 heterocycles. The normalized spacial score (nSPS) is 10.5. The van der Waals surface area contributed by atoms with Crippen molar-refractivity contribution < 1.29 is 4.79 Å². The zero-order chi connectivity index (χ0) is 14.1. The van der Waals surface area contributed by atoms with Gasteiger partial charge in [-0.2, -0.15) is 0 Å². The number of unbranched alkanes of at least 4 members (excludes halogenated alkanes) is 2. The maximum absolute atomic E-state index is 12.2. The van der Waals surface area contributed by atoms with E-state index >= 15 is 0 Å². The summed E-state index contributed by atoms with van der Waals surface area (Å²) in [5.74, 6) is 0. The summed E-state index contributed by atoms with van der Waals surface area (Å²) in [5, 5.41) is 3.01. The second kappa shape index (κ2) is 8.57. The molecule has 0 radical (unpaired) electrons. The molecular formula is C16H26N2O. The molecule has 3 heteroatoms. The fraction of sp³-hybridized carbons (Fsp3) is 0.562. The Morgan fingerprint density at radius 2 is 1.89 bits per heavy atom. The maximum atomic E-state index is 12.2. The molecule has 3 nitrogen and oxygen atoms in total. The van der Waals surface area contributed by atoms with Crippen LogP contribution in [0.2, 0.25) is 0 Å². The van der Waals surface area contributed by atoms with Crippen LogP contribution in [0.1, 0.15) is 45.6 Å². The average molecular weight is 262 g/mol. The van der Waals surface area contributed by atoms with Crippen LogP contribution in [-0.4, -0.2) is 23.5 Å². The first kappa shape index (κ1) is 15.5. The van der Waals surface area contributed by atoms with Crippen LogP contribution >= 0.6 is 0 Å². The van der Waals surface area contributed by atoms with Crippen LogP contribution in [0, 0.1) is 0 Å². The molecule has 1 N–H and O–H groups in total. The molecule has 0 saturated carbocycles. The second-order valence-electron chi connectivity index (χ2n) is 5.15. The van der Waals surface area contributed by atoms with E-state index in [0.29, 0.717) is 6.54 Å². The highest BCUT2D eigenvalue weighted by Crippen LogP contribution is 2.08. The van der Waals surface area contributed by atoms with E-state index in [1.54, 1.807) is 0 Å². The van der Waals surface area contributed by atoms with Crippen molar-refractivity contribution in [3.05, 3.63) is 35.9 Å². The molecule has 2 amide bonds. The van der Waals surface area contributed by atoms with Gasteiger partial charge in [-0.1, -0.05) is 50.1 Å². The van der Waals surface area contributed by atoms with Gasteiger partial charge in [0.2, 0.25) is 0 Å². The highest BCUT2D eigenvalue weighted by atomic mass is 16.2. The molecule has 0 spiro atoms. The van der Waals surface area contributed by atoms with Crippen LogP contribution in [-0.2, 0) is 6.54 Å². The van der Waals surface area contributed by atoms with Gasteiger partial charge < -0.3 is 10.2 Å². The molecule has 0 aliphatic rings. The van der Waals surface area contributed by atoms with E-state index in [1.807, 2.05) is 23.1 Å². The van der Waals surface area contributed by atoms with Gasteiger partial charge in [-0.25, -0.2) is 4.79 Å². The van der Waals surface area contributed by atoms with Gasteiger partial charge >= 0.3 is 6.03 Å². The van der Waals surface area contributed by atoms with Gasteiger partial charge in [0.05, 0.1) is 0 Å². The number of hydrogen-bond acceptors (Lipinski definition) is 1. The Kier molecular flexibility index (Phi) is 7.01. The second-order valence-corrected chi connectivity index (χ2v) is 5.15. The monoisotopic (exact) mass is 262 g/mol. The van der Waals surface area contributed by atoms with Gasteiger partial charge in [0, 0.05) is 19.1 Å². The largest absolute Gasteiger partial charge is 0.338 e. The number of amides is 2. The van der Waals surface area contributed by atoms with Crippen molar-refractivity contribution in [2.24, 2.45) is 0 Å². The van der Waals surface area contributed by atoms with E-state index in [4.69, 9.17) is 0 Å². The van der Waals surface area contributed by atoms with Crippen LogP contribution in [0.25, 0.3) is 0 Å². The molecule has 0 saturated heterocycles. The molecule has 19 heavy (non-hydrogen) atoms. The smallest absolute Gasteiger partial charge is 0.317 e. The van der Waals surface area contributed by atoms with Crippen molar-refractivity contribution >= 4 is 6.03 Å². The number of hydrogen-bond donors (Lipinski definition) is 1. The summed E-state index contributed by atoms with van der Waals surface area (Å²) in [4.78, 5) is 14.0. The van der Waals surface area contributed by atoms with Gasteiger partial charge in [-0.15, -0.1) is 0 Å². The minimum atomic E-state index is 0.0370. The Morgan fingerprint density at radius 3 is 2.47 bits per heavy atom. The molecule has 106 valence electrons. The van der Waals surface area contributed by atoms with Gasteiger partial charge in [0.25, 0.3) is 0 Å². The highest BCUT2D eigenvalue weighted by Gasteiger charge is 2.16. The highest BCUT2D eigenvalue weighted by molar-refractivity contribution is 5.74. The van der Waals surface area contributed by atoms with Crippen LogP contribution in [0.4, 0.5) is 4.79 Å². The lowest BCUT2D eigenvalue weighted by molar-refractivity contribution is 0.179. The molecule has 0 aromatic heterocycles. The Bertz CT molecular complexity index is 362. The number of carbonyl (C=O) groups excluding carboxylic acids is 1. The Hall–Kier alpha value is -1.51. The summed E-state index contributed by atoms with van der Waals surface area (Å²) < 4.78 is 0. The van der Waals surface area contributed by atoms with Crippen molar-refractivity contribution in [1.82, 2.24) is 10.2 Å². The van der Waals surface area contributed by atoms with Gasteiger partial charge in [-0.3, -0.25) is 0 Å². The summed E-state index contributed by atoms with van der Waals surface area (Å²) in [5.41, 5.74) is 1.17. The first-order chi connectivity index (χ1) is 9.15. The number of nitrogens with zero attached hydrogens (tertiary/aromatic N) is 1. The Labute approximate surface area is 117 Å². The number of rotatable bonds is 7. The third-order valence-electron chi connectivity index (χ3n) is 3.14. The van der Waals surface area contributed by atoms with Gasteiger partial charge in [0.1, 0.15) is 0 Å². The number of nitrogens with one attached hydrogen (secondary N) is 1. The molecule has 0 atom stereocenters. The lowest BCUT2D eigenvalue weighted by Crippen LogP contribution is -2.43. The van der Waals surface area contributed by atoms with Crippen LogP contribution in [0.5, 0.6) is 0 Å². The van der Waals surface area contributed by atoms with E-state index in [2.05, 4.69) is 38.2 Å². The average Bonchev–Trinajstić information content (AvgIpc) is 2.41. The molecular weight excluding hydrogens is 236 g/mol. The predicted molar refractivity (Wildman–Crippen MR) is 80.0 cm³/mol. The quantitative estimate of drug-likeness (QED) is 0.745. The first-order valence-electron chi connectivity index (χ1n) is 7.23. The van der Waals surface area contributed by atoms with E-state index < -0.39 is 0 Å². The number of benzene rings is 1. The minimum Gasteiger partial charge on any atom is -0.338 e. The van der Waals surface area contributed by atoms with Crippen molar-refractivity contribution in [3.63, 3.8) is 0 Å². The molecule has 0 aliphatic carbocycles. The molecule has 1 aromatic carbocycles. The Morgan fingerprint density at radius 1 is 1.21 bits per heavy atom. The minimum absolute atomic E-state index is 0.0370. The SMILES string of the molecule is CCCCCNC(=O)N(Cc1ccccc1)C(C)C. The summed E-state index contributed by atoms with van der Waals surface area (Å²) >= 11 is 0. The van der Waals surface area contributed by atoms with Crippen LogP contribution in [0.3, 0.4) is 0 Å². The molecule has 1 aromatic rings. The standard InChI is InChI=1S/C16H26N2O/c1-4-5-9-12-17-16(19)18(14(2)3)13-15-10-7-6-8-11-15/h6-8,10-11,14H,4-5,9,12-13H2,1-3H3,(H,17,19). The molecule has 0 unspecified atom stereocenters. The number of urea groups is 1. The van der Waals surface area contributed by atoms with Crippen molar-refractivity contribution in [2.45, 2.75) is 52.6 Å². The molecule has 0 bridgehead atoms. The predicted octanol–water partition coefficient (Wildman–Crippen LogP) is 3.80. The lowest BCUT2D eigenvalue weighted by Gasteiger charge is -2.27. The summed E-state index contributed by atoms with van der Waals surface area (Å²) in [6.07, 6.45) is 3.40. The third kappa shape index (κ3) is 5.77. The van der Waals surface area contributed by atoms with Crippen molar-refractivity contribution in [2.75, 3.05) is 6.54 Å². The van der Waals surface area contributed by atoms with Crippen molar-refractivity contribution in [3.8, 4) is 0 Å². The third-order valence-corrected chi connectivity index (χ3v) is 3.14. The van der Waals surface area contributed by atoms with Gasteiger partial charge in [0.15, 0.2) is 0 Å². The van der Waals surface area contributed by atoms with E-state index in [9.17, 15) is 4.79 Å². The molecule has 0 aliphatic heterocycles. The molecule has 1 rings (SSSR count). The van der Waals surface area contributed by atoms with Crippen LogP contribution in [0.15, 0.2) is 30.3 Å². The van der Waals surface area contributed by atoms with Gasteiger partial charge in [-0.05, 0) is 25.8 Å². The fourth-order valence-corrected chi connectivity index (χ4v) is 1.94. The fourth-order valence-electron chi connectivity index (χ4n) is 1.94. The summed E-state index contributed by atoms with van der Waals surface area (Å²) in [6, 6.07) is 10.4. The van der Waals surface area contributed by atoms with Crippen molar-refractivity contribution in [1.29, 1.82) is 0 Å². The zero-order valence-corrected chi connectivity index (χ0v) is 12.4. The van der Waals surface area contributed by atoms with E-state index in [0.717, 1.165) is 13.0 Å². The summed E-state index contributed by atoms with van der Waals surface area (Å²) in [6.45, 7) is 7.70. The molecule has 0 fully saturated rings. The Balaban J connectivity index is 2.50. The zero-order valence-electron chi connectivity index (χ0n) is 12.4. The summed E-state index contributed by atoms with van der Waals surface area (Å²) in [7, 11) is 0. The van der Waals surface area contributed by atoms with Crippen LogP contribution < -0.4 is 5.32 Å². The lowest BCUT2D eigenvalue weighted by atomic mass is 10.2. The number of carbonyl (C=O) groups is 1. The topological polar surface area (TPSA) is 32.3 Å². The first-order valence-corrected chi connectivity index (χ1v) is 7.23. The van der Waals surface area contributed by atoms with E-state index in [-0.39, 0.29) is 12.1 Å².